The van der Waals surface area contributed by atoms with E-state index in [2.05, 4.69) is 5.32 Å². The highest BCUT2D eigenvalue weighted by atomic mass is 16.5. The fourth-order valence-corrected chi connectivity index (χ4v) is 3.58. The summed E-state index contributed by atoms with van der Waals surface area (Å²) in [6, 6.07) is 14.0. The Labute approximate surface area is 174 Å². The number of aryl methyl sites for hydroxylation is 1. The van der Waals surface area contributed by atoms with Gasteiger partial charge in [0.05, 0.1) is 24.1 Å². The zero-order valence-electron chi connectivity index (χ0n) is 17.6. The first kappa shape index (κ1) is 21.5. The number of amides is 1. The Balaban J connectivity index is 2.20. The monoisotopic (exact) mass is 409 g/mol. The van der Waals surface area contributed by atoms with Crippen molar-refractivity contribution in [3.63, 3.8) is 0 Å². The molecular formula is C23H27N3O4. The normalized spacial score (nSPS) is 12.1. The molecule has 2 aromatic carbocycles. The van der Waals surface area contributed by atoms with Crippen molar-refractivity contribution >= 4 is 16.8 Å². The quantitative estimate of drug-likeness (QED) is 0.579. The zero-order chi connectivity index (χ0) is 21.7. The lowest BCUT2D eigenvalue weighted by Crippen LogP contribution is -2.45. The van der Waals surface area contributed by atoms with E-state index >= 15 is 0 Å². The number of carbonyl (C=O) groups excluding carboxylic acids is 1. The van der Waals surface area contributed by atoms with Crippen LogP contribution in [0.4, 0.5) is 0 Å². The van der Waals surface area contributed by atoms with E-state index in [4.69, 9.17) is 4.74 Å². The second-order valence-electron chi connectivity index (χ2n) is 7.26. The Morgan fingerprint density at radius 3 is 2.53 bits per heavy atom. The number of hydrogen-bond donors (Lipinski definition) is 1. The summed E-state index contributed by atoms with van der Waals surface area (Å²) >= 11 is 0. The molecule has 30 heavy (non-hydrogen) atoms. The Bertz CT molecular complexity index is 1150. The predicted molar refractivity (Wildman–Crippen MR) is 117 cm³/mol. The van der Waals surface area contributed by atoms with Crippen LogP contribution < -0.4 is 16.6 Å². The van der Waals surface area contributed by atoms with Crippen LogP contribution in [0.2, 0.25) is 0 Å². The van der Waals surface area contributed by atoms with Crippen LogP contribution in [0.1, 0.15) is 30.5 Å². The number of methoxy groups -OCH3 is 1. The predicted octanol–water partition coefficient (Wildman–Crippen LogP) is 2.23. The van der Waals surface area contributed by atoms with Crippen LogP contribution >= 0.6 is 0 Å². The molecular weight excluding hydrogens is 382 g/mol. The largest absolute Gasteiger partial charge is 0.383 e. The first-order valence-electron chi connectivity index (χ1n) is 10.0. The maximum Gasteiger partial charge on any atom is 0.332 e. The first-order chi connectivity index (χ1) is 14.5. The molecule has 1 atom stereocenters. The van der Waals surface area contributed by atoms with Gasteiger partial charge in [0, 0.05) is 13.7 Å². The molecule has 0 unspecified atom stereocenters. The number of ether oxygens (including phenoxy) is 1. The second kappa shape index (κ2) is 9.54. The average Bonchev–Trinajstić information content (AvgIpc) is 2.75. The summed E-state index contributed by atoms with van der Waals surface area (Å²) in [6.45, 7) is 4.61. The number of hydrogen-bond acceptors (Lipinski definition) is 4. The van der Waals surface area contributed by atoms with E-state index in [0.717, 1.165) is 11.1 Å². The van der Waals surface area contributed by atoms with Gasteiger partial charge in [-0.05, 0) is 31.0 Å². The summed E-state index contributed by atoms with van der Waals surface area (Å²) in [5.74, 6) is -0.275. The molecule has 7 nitrogen and oxygen atoms in total. The van der Waals surface area contributed by atoms with Crippen LogP contribution in [-0.4, -0.2) is 35.3 Å². The number of carbonyl (C=O) groups is 1. The van der Waals surface area contributed by atoms with Crippen LogP contribution in [0, 0.1) is 6.92 Å². The van der Waals surface area contributed by atoms with Crippen molar-refractivity contribution in [3.05, 3.63) is 80.5 Å². The lowest BCUT2D eigenvalue weighted by molar-refractivity contribution is -0.124. The van der Waals surface area contributed by atoms with Gasteiger partial charge < -0.3 is 10.1 Å². The van der Waals surface area contributed by atoms with Crippen molar-refractivity contribution in [2.75, 3.05) is 20.3 Å². The highest BCUT2D eigenvalue weighted by Gasteiger charge is 2.24. The maximum absolute atomic E-state index is 13.4. The van der Waals surface area contributed by atoms with E-state index in [9.17, 15) is 14.4 Å². The zero-order valence-corrected chi connectivity index (χ0v) is 17.6. The van der Waals surface area contributed by atoms with Crippen LogP contribution in [-0.2, 0) is 16.1 Å². The minimum Gasteiger partial charge on any atom is -0.383 e. The smallest absolute Gasteiger partial charge is 0.332 e. The lowest BCUT2D eigenvalue weighted by atomic mass is 10.1. The van der Waals surface area contributed by atoms with Gasteiger partial charge in [0.2, 0.25) is 5.91 Å². The summed E-state index contributed by atoms with van der Waals surface area (Å²) in [5.41, 5.74) is 1.37. The highest BCUT2D eigenvalue weighted by Crippen LogP contribution is 2.18. The van der Waals surface area contributed by atoms with E-state index in [1.165, 1.54) is 9.13 Å². The molecule has 1 N–H and O–H groups in total. The van der Waals surface area contributed by atoms with Gasteiger partial charge in [-0.15, -0.1) is 0 Å². The van der Waals surface area contributed by atoms with E-state index in [1.54, 1.807) is 19.2 Å². The number of nitrogens with zero attached hydrogens (tertiary/aromatic N) is 2. The van der Waals surface area contributed by atoms with E-state index in [1.807, 2.05) is 50.2 Å². The SMILES string of the molecule is CC[C@H](C(=O)NCCOC)n1c(=O)n(Cc2ccccc2)c(=O)c2cc(C)ccc21. The maximum atomic E-state index is 13.4. The van der Waals surface area contributed by atoms with Crippen LogP contribution in [0.15, 0.2) is 58.1 Å². The van der Waals surface area contributed by atoms with Crippen molar-refractivity contribution in [3.8, 4) is 0 Å². The highest BCUT2D eigenvalue weighted by molar-refractivity contribution is 5.84. The molecule has 158 valence electrons. The fraction of sp³-hybridized carbons (Fsp3) is 0.348. The average molecular weight is 409 g/mol. The summed E-state index contributed by atoms with van der Waals surface area (Å²) in [5, 5.41) is 3.23. The van der Waals surface area contributed by atoms with Crippen LogP contribution in [0.3, 0.4) is 0 Å². The summed E-state index contributed by atoms with van der Waals surface area (Å²) in [6.07, 6.45) is 0.408. The topological polar surface area (TPSA) is 82.3 Å². The van der Waals surface area contributed by atoms with Gasteiger partial charge in [-0.2, -0.15) is 0 Å². The lowest BCUT2D eigenvalue weighted by Gasteiger charge is -2.22. The minimum absolute atomic E-state index is 0.143. The standard InChI is InChI=1S/C23H27N3O4/c1-4-19(21(27)24-12-13-30-3)26-20-11-10-16(2)14-18(20)22(28)25(23(26)29)15-17-8-6-5-7-9-17/h5-11,14,19H,4,12-13,15H2,1-3H3,(H,24,27)/t19-/m1/s1. The van der Waals surface area contributed by atoms with Crippen molar-refractivity contribution in [2.24, 2.45) is 0 Å². The van der Waals surface area contributed by atoms with Gasteiger partial charge in [-0.25, -0.2) is 4.79 Å². The van der Waals surface area contributed by atoms with Gasteiger partial charge in [-0.1, -0.05) is 48.9 Å². The van der Waals surface area contributed by atoms with Crippen LogP contribution in [0.25, 0.3) is 10.9 Å². The van der Waals surface area contributed by atoms with Crippen molar-refractivity contribution in [1.29, 1.82) is 0 Å². The molecule has 0 fully saturated rings. The molecule has 0 radical (unpaired) electrons. The van der Waals surface area contributed by atoms with E-state index in [0.29, 0.717) is 30.5 Å². The van der Waals surface area contributed by atoms with Crippen molar-refractivity contribution < 1.29 is 9.53 Å². The van der Waals surface area contributed by atoms with Gasteiger partial charge in [-0.3, -0.25) is 18.7 Å². The second-order valence-corrected chi connectivity index (χ2v) is 7.26. The van der Waals surface area contributed by atoms with Gasteiger partial charge in [0.15, 0.2) is 0 Å². The molecule has 0 aliphatic rings. The molecule has 0 aliphatic heterocycles. The van der Waals surface area contributed by atoms with Gasteiger partial charge in [0.1, 0.15) is 6.04 Å². The molecule has 1 aromatic heterocycles. The summed E-state index contributed by atoms with van der Waals surface area (Å²) in [4.78, 5) is 39.5. The summed E-state index contributed by atoms with van der Waals surface area (Å²) in [7, 11) is 1.56. The molecule has 0 aliphatic carbocycles. The number of aromatic nitrogens is 2. The van der Waals surface area contributed by atoms with E-state index in [-0.39, 0.29) is 18.0 Å². The minimum atomic E-state index is -0.734. The van der Waals surface area contributed by atoms with Gasteiger partial charge in [0.25, 0.3) is 5.56 Å². The molecule has 3 rings (SSSR count). The van der Waals surface area contributed by atoms with E-state index < -0.39 is 11.7 Å². The number of rotatable bonds is 8. The Kier molecular flexibility index (Phi) is 6.84. The molecule has 0 bridgehead atoms. The third-order valence-electron chi connectivity index (χ3n) is 5.11. The molecule has 0 spiro atoms. The number of fused-ring (bicyclic) bond motifs is 1. The Morgan fingerprint density at radius 1 is 1.13 bits per heavy atom. The molecule has 7 heteroatoms. The Hall–Kier alpha value is -3.19. The molecule has 0 saturated heterocycles. The van der Waals surface area contributed by atoms with Crippen LogP contribution in [0.5, 0.6) is 0 Å². The third kappa shape index (κ3) is 4.36. The third-order valence-corrected chi connectivity index (χ3v) is 5.11. The molecule has 1 heterocycles. The molecule has 1 amide bonds. The van der Waals surface area contributed by atoms with Crippen molar-refractivity contribution in [2.45, 2.75) is 32.9 Å². The Morgan fingerprint density at radius 2 is 1.87 bits per heavy atom. The molecule has 0 saturated carbocycles. The van der Waals surface area contributed by atoms with Gasteiger partial charge >= 0.3 is 5.69 Å². The number of nitrogens with one attached hydrogen (secondary N) is 1. The van der Waals surface area contributed by atoms with Crippen molar-refractivity contribution in [1.82, 2.24) is 14.5 Å². The number of benzene rings is 2. The fourth-order valence-electron chi connectivity index (χ4n) is 3.58. The first-order valence-corrected chi connectivity index (χ1v) is 10.0. The summed E-state index contributed by atoms with van der Waals surface area (Å²) < 4.78 is 7.65. The molecule has 3 aromatic rings.